The smallest absolute Gasteiger partial charge is 0.243 e. The van der Waals surface area contributed by atoms with Gasteiger partial charge in [-0.2, -0.15) is 15.0 Å². The number of amides is 1. The molecule has 1 aromatic rings. The third-order valence-electron chi connectivity index (χ3n) is 1.84. The van der Waals surface area contributed by atoms with E-state index < -0.39 is 0 Å². The predicted molar refractivity (Wildman–Crippen MR) is 64.5 cm³/mol. The van der Waals surface area contributed by atoms with Crippen molar-refractivity contribution in [3.05, 3.63) is 0 Å². The minimum Gasteiger partial charge on any atom is -0.358 e. The number of nitrogens with one attached hydrogen (secondary N) is 3. The van der Waals surface area contributed by atoms with Gasteiger partial charge in [-0.05, 0) is 0 Å². The van der Waals surface area contributed by atoms with Gasteiger partial charge in [0.05, 0.1) is 6.54 Å². The molecule has 0 saturated carbocycles. The lowest BCUT2D eigenvalue weighted by atomic mass is 10.6. The first-order valence-corrected chi connectivity index (χ1v) is 4.91. The Hall–Kier alpha value is -2.16. The van der Waals surface area contributed by atoms with Crippen LogP contribution in [-0.4, -0.2) is 48.5 Å². The van der Waals surface area contributed by atoms with Gasteiger partial charge in [0.2, 0.25) is 23.8 Å². The lowest BCUT2D eigenvalue weighted by Crippen LogP contribution is -2.27. The Labute approximate surface area is 98.8 Å². The normalized spacial score (nSPS) is 9.65. The number of carbonyl (C=O) groups excluding carboxylic acids is 1. The van der Waals surface area contributed by atoms with Crippen molar-refractivity contribution in [2.45, 2.75) is 0 Å². The van der Waals surface area contributed by atoms with Crippen LogP contribution < -0.4 is 26.8 Å². The van der Waals surface area contributed by atoms with Crippen molar-refractivity contribution < 1.29 is 4.79 Å². The number of nitrogens with two attached hydrogens (primary N) is 1. The topological polar surface area (TPSA) is 121 Å². The maximum Gasteiger partial charge on any atom is 0.243 e. The molecule has 0 atom stereocenters. The number of aromatic nitrogens is 3. The third kappa shape index (κ3) is 3.72. The number of carbonyl (C=O) groups is 1. The standard InChI is InChI=1S/C8H16N8O/c1-10-5(17)4-11-6-12-7(15-9)14-8(13-6)16(2)3/h4,9H2,1-3H3,(H,10,17)(H2,11,12,13,14,15). The Kier molecular flexibility index (Phi) is 4.40. The lowest BCUT2D eigenvalue weighted by molar-refractivity contribution is -0.118. The molecule has 1 amide bonds. The van der Waals surface area contributed by atoms with E-state index in [1.807, 2.05) is 0 Å². The van der Waals surface area contributed by atoms with Crippen LogP contribution in [-0.2, 0) is 4.79 Å². The van der Waals surface area contributed by atoms with Gasteiger partial charge in [-0.1, -0.05) is 0 Å². The molecule has 1 heterocycles. The molecular weight excluding hydrogens is 224 g/mol. The number of anilines is 3. The fourth-order valence-corrected chi connectivity index (χ4v) is 0.956. The number of nitrogens with zero attached hydrogens (tertiary/aromatic N) is 4. The summed E-state index contributed by atoms with van der Waals surface area (Å²) in [6, 6.07) is 0. The first-order valence-electron chi connectivity index (χ1n) is 4.91. The Morgan fingerprint density at radius 1 is 1.29 bits per heavy atom. The quantitative estimate of drug-likeness (QED) is 0.358. The van der Waals surface area contributed by atoms with E-state index in [-0.39, 0.29) is 24.3 Å². The third-order valence-corrected chi connectivity index (χ3v) is 1.84. The highest BCUT2D eigenvalue weighted by Gasteiger charge is 2.07. The Morgan fingerprint density at radius 2 is 1.94 bits per heavy atom. The van der Waals surface area contributed by atoms with Gasteiger partial charge >= 0.3 is 0 Å². The molecule has 0 aromatic carbocycles. The van der Waals surface area contributed by atoms with Gasteiger partial charge in [0.15, 0.2) is 0 Å². The number of nitrogen functional groups attached to an aromatic ring is 1. The monoisotopic (exact) mass is 240 g/mol. The first-order chi connectivity index (χ1) is 8.06. The summed E-state index contributed by atoms with van der Waals surface area (Å²) < 4.78 is 0. The van der Waals surface area contributed by atoms with Crippen LogP contribution >= 0.6 is 0 Å². The van der Waals surface area contributed by atoms with Crippen molar-refractivity contribution in [3.8, 4) is 0 Å². The van der Waals surface area contributed by atoms with E-state index in [1.165, 1.54) is 0 Å². The molecule has 1 rings (SSSR count). The van der Waals surface area contributed by atoms with Crippen LogP contribution in [0.4, 0.5) is 17.8 Å². The zero-order chi connectivity index (χ0) is 12.8. The summed E-state index contributed by atoms with van der Waals surface area (Å²) in [5, 5.41) is 5.25. The Morgan fingerprint density at radius 3 is 2.47 bits per heavy atom. The summed E-state index contributed by atoms with van der Waals surface area (Å²) >= 11 is 0. The van der Waals surface area contributed by atoms with E-state index >= 15 is 0 Å². The number of hydrogen-bond acceptors (Lipinski definition) is 8. The van der Waals surface area contributed by atoms with Crippen LogP contribution in [0.25, 0.3) is 0 Å². The molecule has 9 nitrogen and oxygen atoms in total. The van der Waals surface area contributed by atoms with E-state index in [1.54, 1.807) is 26.0 Å². The molecule has 0 radical (unpaired) electrons. The highest BCUT2D eigenvalue weighted by Crippen LogP contribution is 2.09. The van der Waals surface area contributed by atoms with E-state index in [9.17, 15) is 4.79 Å². The largest absolute Gasteiger partial charge is 0.358 e. The van der Waals surface area contributed by atoms with Crippen LogP contribution in [0.15, 0.2) is 0 Å². The number of hydrogen-bond donors (Lipinski definition) is 4. The second-order valence-corrected chi connectivity index (χ2v) is 3.35. The Bertz CT molecular complexity index is 393. The summed E-state index contributed by atoms with van der Waals surface area (Å²) in [6.07, 6.45) is 0. The predicted octanol–water partition coefficient (Wildman–Crippen LogP) is -1.62. The van der Waals surface area contributed by atoms with Gasteiger partial charge in [0, 0.05) is 21.1 Å². The summed E-state index contributed by atoms with van der Waals surface area (Å²) in [5.41, 5.74) is 2.33. The molecule has 0 spiro atoms. The molecule has 0 aliphatic carbocycles. The number of rotatable bonds is 5. The molecule has 94 valence electrons. The van der Waals surface area contributed by atoms with E-state index in [2.05, 4.69) is 31.0 Å². The summed E-state index contributed by atoms with van der Waals surface area (Å²) in [4.78, 5) is 24.9. The maximum absolute atomic E-state index is 11.1. The molecule has 0 bridgehead atoms. The van der Waals surface area contributed by atoms with Gasteiger partial charge in [0.1, 0.15) is 0 Å². The second-order valence-electron chi connectivity index (χ2n) is 3.35. The molecule has 0 fully saturated rings. The first kappa shape index (κ1) is 12.9. The van der Waals surface area contributed by atoms with Crippen molar-refractivity contribution in [3.63, 3.8) is 0 Å². The molecule has 0 aliphatic heterocycles. The van der Waals surface area contributed by atoms with E-state index in [4.69, 9.17) is 5.84 Å². The zero-order valence-electron chi connectivity index (χ0n) is 9.98. The van der Waals surface area contributed by atoms with Gasteiger partial charge in [-0.15, -0.1) is 0 Å². The molecule has 0 saturated heterocycles. The summed E-state index contributed by atoms with van der Waals surface area (Å²) in [6.45, 7) is 0.0807. The van der Waals surface area contributed by atoms with Crippen LogP contribution in [0, 0.1) is 0 Å². The highest BCUT2D eigenvalue weighted by atomic mass is 16.1. The van der Waals surface area contributed by atoms with E-state index in [0.717, 1.165) is 0 Å². The van der Waals surface area contributed by atoms with Crippen molar-refractivity contribution in [2.24, 2.45) is 5.84 Å². The fourth-order valence-electron chi connectivity index (χ4n) is 0.956. The number of hydrazine groups is 1. The van der Waals surface area contributed by atoms with Gasteiger partial charge in [0.25, 0.3) is 0 Å². The minimum atomic E-state index is -0.168. The summed E-state index contributed by atoms with van der Waals surface area (Å²) in [7, 11) is 5.13. The van der Waals surface area contributed by atoms with Crippen LogP contribution in [0.1, 0.15) is 0 Å². The molecular formula is C8H16N8O. The van der Waals surface area contributed by atoms with E-state index in [0.29, 0.717) is 5.95 Å². The fraction of sp³-hybridized carbons (Fsp3) is 0.500. The average Bonchev–Trinajstić information content (AvgIpc) is 2.35. The van der Waals surface area contributed by atoms with Crippen LogP contribution in [0.5, 0.6) is 0 Å². The molecule has 17 heavy (non-hydrogen) atoms. The van der Waals surface area contributed by atoms with Crippen LogP contribution in [0.3, 0.4) is 0 Å². The van der Waals surface area contributed by atoms with Crippen molar-refractivity contribution in [1.82, 2.24) is 20.3 Å². The van der Waals surface area contributed by atoms with Gasteiger partial charge < -0.3 is 15.5 Å². The summed E-state index contributed by atoms with van der Waals surface area (Å²) in [5.74, 6) is 6.01. The Balaban J connectivity index is 2.83. The minimum absolute atomic E-state index is 0.0807. The molecule has 9 heteroatoms. The zero-order valence-corrected chi connectivity index (χ0v) is 9.98. The second kappa shape index (κ2) is 5.80. The van der Waals surface area contributed by atoms with Crippen molar-refractivity contribution in [2.75, 3.05) is 43.3 Å². The van der Waals surface area contributed by atoms with Crippen molar-refractivity contribution >= 4 is 23.8 Å². The lowest BCUT2D eigenvalue weighted by Gasteiger charge is -2.12. The highest BCUT2D eigenvalue weighted by molar-refractivity contribution is 5.79. The molecule has 1 aromatic heterocycles. The van der Waals surface area contributed by atoms with Gasteiger partial charge in [-0.25, -0.2) is 5.84 Å². The van der Waals surface area contributed by atoms with Gasteiger partial charge in [-0.3, -0.25) is 10.2 Å². The SMILES string of the molecule is CNC(=O)CNc1nc(NN)nc(N(C)C)n1. The molecule has 0 unspecified atom stereocenters. The number of likely N-dealkylation sites (N-methyl/N-ethyl adjacent to an activating group) is 1. The maximum atomic E-state index is 11.1. The molecule has 0 aliphatic rings. The van der Waals surface area contributed by atoms with Crippen molar-refractivity contribution in [1.29, 1.82) is 0 Å². The van der Waals surface area contributed by atoms with Crippen LogP contribution in [0.2, 0.25) is 0 Å². The average molecular weight is 240 g/mol. The molecule has 5 N–H and O–H groups in total.